The third-order valence-electron chi connectivity index (χ3n) is 5.40. The van der Waals surface area contributed by atoms with Crippen molar-refractivity contribution in [1.29, 1.82) is 0 Å². The van der Waals surface area contributed by atoms with Crippen LogP contribution >= 0.6 is 0 Å². The second-order valence-electron chi connectivity index (χ2n) is 7.64. The molecule has 0 aliphatic carbocycles. The lowest BCUT2D eigenvalue weighted by Gasteiger charge is -2.09. The summed E-state index contributed by atoms with van der Waals surface area (Å²) in [6, 6.07) is 8.72. The molecule has 0 unspecified atom stereocenters. The molecule has 7 heteroatoms. The largest absolute Gasteiger partial charge is 0.503 e. The van der Waals surface area contributed by atoms with E-state index in [4.69, 9.17) is 0 Å². The van der Waals surface area contributed by atoms with Gasteiger partial charge in [-0.05, 0) is 55.2 Å². The topological polar surface area (TPSA) is 89.1 Å². The maximum atomic E-state index is 12.3. The van der Waals surface area contributed by atoms with E-state index in [0.29, 0.717) is 19.5 Å². The molecule has 7 nitrogen and oxygen atoms in total. The number of nitrogens with one attached hydrogen (secondary N) is 1. The number of allylic oxidation sites excluding steroid dienone is 1. The molecule has 1 aliphatic heterocycles. The van der Waals surface area contributed by atoms with Gasteiger partial charge < -0.3 is 15.0 Å². The highest BCUT2D eigenvalue weighted by Crippen LogP contribution is 2.19. The van der Waals surface area contributed by atoms with Crippen LogP contribution in [0, 0.1) is 0 Å². The Kier molecular flexibility index (Phi) is 5.97. The van der Waals surface area contributed by atoms with Crippen LogP contribution in [-0.2, 0) is 19.5 Å². The van der Waals surface area contributed by atoms with Crippen LogP contribution in [0.5, 0.6) is 5.75 Å². The molecule has 0 saturated carbocycles. The fourth-order valence-electron chi connectivity index (χ4n) is 3.76. The van der Waals surface area contributed by atoms with Gasteiger partial charge in [0.15, 0.2) is 11.4 Å². The zero-order chi connectivity index (χ0) is 20.9. The van der Waals surface area contributed by atoms with E-state index in [1.807, 2.05) is 6.08 Å². The van der Waals surface area contributed by atoms with Crippen molar-refractivity contribution in [3.8, 4) is 5.75 Å². The number of hydrogen-bond acceptors (Lipinski definition) is 4. The summed E-state index contributed by atoms with van der Waals surface area (Å²) in [6.07, 6.45) is 11.8. The van der Waals surface area contributed by atoms with Crippen LogP contribution in [0.2, 0.25) is 0 Å². The number of hydrogen-bond donors (Lipinski definition) is 2. The molecule has 4 rings (SSSR count). The first-order valence-electron chi connectivity index (χ1n) is 10.4. The number of aromatic nitrogens is 3. The molecule has 2 N–H and O–H groups in total. The Balaban J connectivity index is 1.56. The van der Waals surface area contributed by atoms with Crippen molar-refractivity contribution in [2.45, 2.75) is 45.2 Å². The molecule has 0 atom stereocenters. The van der Waals surface area contributed by atoms with E-state index in [0.717, 1.165) is 32.2 Å². The molecule has 156 valence electrons. The molecule has 4 bridgehead atoms. The monoisotopic (exact) mass is 406 g/mol. The molecular formula is C23H26N4O3. The predicted octanol–water partition coefficient (Wildman–Crippen LogP) is 3.01. The van der Waals surface area contributed by atoms with Crippen LogP contribution in [0.3, 0.4) is 0 Å². The summed E-state index contributed by atoms with van der Waals surface area (Å²) in [7, 11) is 0. The number of rotatable bonds is 0. The average Bonchev–Trinajstić information content (AvgIpc) is 3.14. The Morgan fingerprint density at radius 1 is 1.03 bits per heavy atom. The van der Waals surface area contributed by atoms with Crippen LogP contribution in [-0.4, -0.2) is 31.9 Å². The first-order valence-corrected chi connectivity index (χ1v) is 10.4. The first-order chi connectivity index (χ1) is 14.6. The van der Waals surface area contributed by atoms with Gasteiger partial charge in [-0.15, -0.1) is 0 Å². The fourth-order valence-corrected chi connectivity index (χ4v) is 3.76. The van der Waals surface area contributed by atoms with E-state index >= 15 is 0 Å². The summed E-state index contributed by atoms with van der Waals surface area (Å²) in [5.41, 5.74) is 1.51. The fraction of sp³-hybridized carbons (Fsp3) is 0.348. The number of aromatic hydroxyl groups is 1. The van der Waals surface area contributed by atoms with Gasteiger partial charge in [-0.2, -0.15) is 5.10 Å². The normalized spacial score (nSPS) is 17.1. The molecule has 30 heavy (non-hydrogen) atoms. The molecule has 1 aliphatic rings. The van der Waals surface area contributed by atoms with Crippen molar-refractivity contribution in [3.63, 3.8) is 0 Å². The minimum Gasteiger partial charge on any atom is -0.503 e. The molecule has 1 amide bonds. The Bertz CT molecular complexity index is 1140. The minimum atomic E-state index is -0.735. The van der Waals surface area contributed by atoms with Crippen molar-refractivity contribution in [3.05, 3.63) is 70.3 Å². The van der Waals surface area contributed by atoms with Crippen LogP contribution < -0.4 is 10.7 Å². The van der Waals surface area contributed by atoms with E-state index in [9.17, 15) is 14.7 Å². The second kappa shape index (κ2) is 8.98. The van der Waals surface area contributed by atoms with Crippen LogP contribution in [0.25, 0.3) is 10.9 Å². The smallest absolute Gasteiger partial charge is 0.275 e. The average molecular weight is 406 g/mol. The number of carbonyl (C=O) groups is 1. The Morgan fingerprint density at radius 3 is 2.80 bits per heavy atom. The number of amides is 1. The lowest BCUT2D eigenvalue weighted by Crippen LogP contribution is -2.32. The van der Waals surface area contributed by atoms with E-state index < -0.39 is 17.1 Å². The van der Waals surface area contributed by atoms with Crippen LogP contribution in [0.4, 0.5) is 0 Å². The summed E-state index contributed by atoms with van der Waals surface area (Å²) < 4.78 is 3.78. The quantitative estimate of drug-likeness (QED) is 0.562. The number of benzene rings is 1. The lowest BCUT2D eigenvalue weighted by atomic mass is 10.1. The molecule has 0 radical (unpaired) electrons. The second-order valence-corrected chi connectivity index (χ2v) is 7.64. The molecule has 3 aromatic rings. The highest BCUT2D eigenvalue weighted by Gasteiger charge is 2.16. The zero-order valence-corrected chi connectivity index (χ0v) is 16.9. The third-order valence-corrected chi connectivity index (χ3v) is 5.40. The van der Waals surface area contributed by atoms with Crippen molar-refractivity contribution >= 4 is 16.8 Å². The van der Waals surface area contributed by atoms with E-state index in [2.05, 4.69) is 51.5 Å². The Labute approximate surface area is 174 Å². The number of fused-ring (bicyclic) bond motifs is 3. The van der Waals surface area contributed by atoms with E-state index in [1.165, 1.54) is 27.3 Å². The van der Waals surface area contributed by atoms with Crippen molar-refractivity contribution < 1.29 is 9.90 Å². The molecule has 0 spiro atoms. The van der Waals surface area contributed by atoms with Crippen molar-refractivity contribution in [2.75, 3.05) is 6.54 Å². The van der Waals surface area contributed by atoms with Gasteiger partial charge in [-0.3, -0.25) is 14.3 Å². The van der Waals surface area contributed by atoms with E-state index in [1.54, 1.807) is 0 Å². The molecule has 0 saturated heterocycles. The van der Waals surface area contributed by atoms with Crippen LogP contribution in [0.15, 0.2) is 53.6 Å². The zero-order valence-electron chi connectivity index (χ0n) is 16.9. The first kappa shape index (κ1) is 19.9. The van der Waals surface area contributed by atoms with Gasteiger partial charge >= 0.3 is 0 Å². The standard InChI is InChI=1S/C23H26N4O3/c28-20-16-27-13-6-2-5-12-26-14-10-18-9-8-17(15-19(18)26)7-3-1-4-11-24-23(30)21(25-27)22(20)29/h1,3,8-10,14-16,28H,2,4-7,11-13H2,(H,24,30)/b3-1+. The third kappa shape index (κ3) is 4.45. The van der Waals surface area contributed by atoms with Gasteiger partial charge in [0.1, 0.15) is 0 Å². The van der Waals surface area contributed by atoms with Gasteiger partial charge in [0.2, 0.25) is 0 Å². The SMILES string of the molecule is O=C1NCC/C=C/Cc2ccc3ccn(c3c2)CCCCCn2cc(O)c(=O)c1n2. The number of carbonyl (C=O) groups excluding carboxylic acids is 1. The molecule has 0 fully saturated rings. The van der Waals surface area contributed by atoms with Gasteiger partial charge in [0.25, 0.3) is 11.3 Å². The Morgan fingerprint density at radius 2 is 1.90 bits per heavy atom. The number of nitrogens with zero attached hydrogens (tertiary/aromatic N) is 3. The van der Waals surface area contributed by atoms with Gasteiger partial charge in [0.05, 0.1) is 6.20 Å². The van der Waals surface area contributed by atoms with Crippen molar-refractivity contribution in [2.24, 2.45) is 0 Å². The maximum Gasteiger partial charge on any atom is 0.275 e. The Hall–Kier alpha value is -3.35. The summed E-state index contributed by atoms with van der Waals surface area (Å²) in [6.45, 7) is 1.86. The molecular weight excluding hydrogens is 380 g/mol. The minimum absolute atomic E-state index is 0.261. The van der Waals surface area contributed by atoms with Gasteiger partial charge in [0, 0.05) is 31.3 Å². The lowest BCUT2D eigenvalue weighted by molar-refractivity contribution is 0.0945. The van der Waals surface area contributed by atoms with Gasteiger partial charge in [-0.1, -0.05) is 24.3 Å². The highest BCUT2D eigenvalue weighted by atomic mass is 16.3. The molecule has 2 aromatic heterocycles. The van der Waals surface area contributed by atoms with Crippen LogP contribution in [0.1, 0.15) is 41.7 Å². The van der Waals surface area contributed by atoms with E-state index in [-0.39, 0.29) is 5.69 Å². The molecule has 1 aromatic carbocycles. The summed E-state index contributed by atoms with van der Waals surface area (Å²) in [5, 5.41) is 18.0. The molecule has 3 heterocycles. The maximum absolute atomic E-state index is 12.3. The number of aryl methyl sites for hydroxylation is 2. The van der Waals surface area contributed by atoms with Gasteiger partial charge in [-0.25, -0.2) is 0 Å². The predicted molar refractivity (Wildman–Crippen MR) is 116 cm³/mol. The summed E-state index contributed by atoms with van der Waals surface area (Å²) in [5.74, 6) is -1.00. The van der Waals surface area contributed by atoms with Crippen molar-refractivity contribution in [1.82, 2.24) is 19.7 Å². The highest BCUT2D eigenvalue weighted by molar-refractivity contribution is 5.92. The summed E-state index contributed by atoms with van der Waals surface area (Å²) >= 11 is 0. The summed E-state index contributed by atoms with van der Waals surface area (Å²) in [4.78, 5) is 24.5.